The van der Waals surface area contributed by atoms with Crippen LogP contribution in [-0.4, -0.2) is 30.1 Å². The summed E-state index contributed by atoms with van der Waals surface area (Å²) in [6, 6.07) is 1.74. The zero-order valence-corrected chi connectivity index (χ0v) is 12.5. The normalized spacial score (nSPS) is 15.7. The summed E-state index contributed by atoms with van der Waals surface area (Å²) in [6.07, 6.45) is 7.97. The van der Waals surface area contributed by atoms with Crippen molar-refractivity contribution >= 4 is 11.6 Å². The third kappa shape index (κ3) is 4.68. The van der Waals surface area contributed by atoms with E-state index < -0.39 is 0 Å². The fourth-order valence-electron chi connectivity index (χ4n) is 2.58. The van der Waals surface area contributed by atoms with E-state index in [1.807, 2.05) is 6.92 Å². The Bertz CT molecular complexity index is 473. The smallest absolute Gasteiger partial charge is 0.255 e. The number of ether oxygens (including phenoxy) is 1. The Morgan fingerprint density at radius 2 is 2.19 bits per heavy atom. The van der Waals surface area contributed by atoms with E-state index in [1.54, 1.807) is 6.07 Å². The van der Waals surface area contributed by atoms with Crippen molar-refractivity contribution in [1.29, 1.82) is 0 Å². The third-order valence-corrected chi connectivity index (χ3v) is 3.73. The molecule has 0 atom stereocenters. The minimum Gasteiger partial charge on any atom is -0.376 e. The number of hydrogen-bond acceptors (Lipinski definition) is 5. The van der Waals surface area contributed by atoms with Crippen molar-refractivity contribution in [3.63, 3.8) is 0 Å². The number of aromatic nitrogens is 1. The number of nitrogen functional groups attached to an aromatic ring is 1. The summed E-state index contributed by atoms with van der Waals surface area (Å²) < 4.78 is 5.77. The van der Waals surface area contributed by atoms with E-state index in [9.17, 15) is 4.79 Å². The lowest BCUT2D eigenvalue weighted by atomic mass is 9.98. The molecule has 0 spiro atoms. The number of nitrogens with zero attached hydrogens (tertiary/aromatic N) is 1. The number of carbonyl (C=O) groups excluding carboxylic acids is 1. The van der Waals surface area contributed by atoms with Crippen molar-refractivity contribution in [1.82, 2.24) is 10.3 Å². The molecule has 1 saturated carbocycles. The first-order chi connectivity index (χ1) is 10.2. The van der Waals surface area contributed by atoms with Gasteiger partial charge < -0.3 is 15.5 Å². The van der Waals surface area contributed by atoms with Gasteiger partial charge in [-0.25, -0.2) is 0 Å². The molecule has 0 aromatic carbocycles. The Balaban J connectivity index is 1.76. The van der Waals surface area contributed by atoms with Crippen LogP contribution >= 0.6 is 0 Å². The highest BCUT2D eigenvalue weighted by Gasteiger charge is 2.14. The summed E-state index contributed by atoms with van der Waals surface area (Å²) in [5.41, 5.74) is 4.36. The first kappa shape index (κ1) is 15.7. The van der Waals surface area contributed by atoms with Gasteiger partial charge in [0.1, 0.15) is 0 Å². The molecule has 6 heteroatoms. The molecular weight excluding hydrogens is 268 g/mol. The summed E-state index contributed by atoms with van der Waals surface area (Å²) in [7, 11) is 0. The second-order valence-electron chi connectivity index (χ2n) is 5.40. The number of hydrogen-bond donors (Lipinski definition) is 3. The first-order valence-electron chi connectivity index (χ1n) is 7.54. The largest absolute Gasteiger partial charge is 0.376 e. The number of anilines is 1. The molecule has 0 unspecified atom stereocenters. The Kier molecular flexibility index (Phi) is 5.95. The van der Waals surface area contributed by atoms with Crippen molar-refractivity contribution in [2.45, 2.75) is 45.1 Å². The topological polar surface area (TPSA) is 89.3 Å². The van der Waals surface area contributed by atoms with Crippen LogP contribution in [0.15, 0.2) is 12.3 Å². The average molecular weight is 292 g/mol. The zero-order chi connectivity index (χ0) is 15.1. The predicted octanol–water partition coefficient (Wildman–Crippen LogP) is 1.75. The second kappa shape index (κ2) is 7.95. The molecule has 1 aliphatic carbocycles. The Morgan fingerprint density at radius 1 is 1.43 bits per heavy atom. The predicted molar refractivity (Wildman–Crippen MR) is 81.9 cm³/mol. The Morgan fingerprint density at radius 3 is 2.90 bits per heavy atom. The third-order valence-electron chi connectivity index (χ3n) is 3.73. The highest BCUT2D eigenvalue weighted by Crippen LogP contribution is 2.20. The van der Waals surface area contributed by atoms with Crippen LogP contribution in [0.25, 0.3) is 0 Å². The molecule has 1 heterocycles. The number of carbonyl (C=O) groups is 1. The van der Waals surface area contributed by atoms with Crippen LogP contribution < -0.4 is 16.6 Å². The van der Waals surface area contributed by atoms with E-state index in [0.717, 1.165) is 18.5 Å². The van der Waals surface area contributed by atoms with Gasteiger partial charge in [0, 0.05) is 18.4 Å². The number of nitrogens with one attached hydrogen (secondary N) is 2. The van der Waals surface area contributed by atoms with Crippen LogP contribution in [0.1, 0.15) is 48.2 Å². The maximum atomic E-state index is 12.1. The molecule has 0 radical (unpaired) electrons. The molecule has 116 valence electrons. The van der Waals surface area contributed by atoms with Gasteiger partial charge in [0.25, 0.3) is 5.91 Å². The molecule has 1 aliphatic rings. The molecule has 1 aromatic heterocycles. The number of nitrogens with two attached hydrogens (primary N) is 1. The van der Waals surface area contributed by atoms with E-state index in [4.69, 9.17) is 10.6 Å². The average Bonchev–Trinajstić information content (AvgIpc) is 2.52. The van der Waals surface area contributed by atoms with Crippen molar-refractivity contribution in [2.75, 3.05) is 18.6 Å². The fraction of sp³-hybridized carbons (Fsp3) is 0.600. The van der Waals surface area contributed by atoms with E-state index in [1.165, 1.54) is 25.5 Å². The molecule has 6 nitrogen and oxygen atoms in total. The molecule has 2 rings (SSSR count). The van der Waals surface area contributed by atoms with Crippen LogP contribution in [-0.2, 0) is 4.74 Å². The highest BCUT2D eigenvalue weighted by atomic mass is 16.5. The Labute approximate surface area is 125 Å². The molecular formula is C15H24N4O2. The molecule has 4 N–H and O–H groups in total. The van der Waals surface area contributed by atoms with Gasteiger partial charge in [-0.05, 0) is 25.8 Å². The summed E-state index contributed by atoms with van der Waals surface area (Å²) >= 11 is 0. The van der Waals surface area contributed by atoms with E-state index in [-0.39, 0.29) is 5.91 Å². The van der Waals surface area contributed by atoms with Gasteiger partial charge in [-0.3, -0.25) is 15.6 Å². The SMILES string of the molecule is Cc1cc(NN)c(C(=O)NCCOC2CCCCC2)cn1. The van der Waals surface area contributed by atoms with Gasteiger partial charge in [0.2, 0.25) is 0 Å². The first-order valence-corrected chi connectivity index (χ1v) is 7.54. The van der Waals surface area contributed by atoms with Crippen LogP contribution in [0.5, 0.6) is 0 Å². The van der Waals surface area contributed by atoms with Gasteiger partial charge in [-0.15, -0.1) is 0 Å². The second-order valence-corrected chi connectivity index (χ2v) is 5.40. The van der Waals surface area contributed by atoms with E-state index >= 15 is 0 Å². The number of hydrazine groups is 1. The van der Waals surface area contributed by atoms with Gasteiger partial charge in [-0.1, -0.05) is 19.3 Å². The molecule has 0 bridgehead atoms. The maximum absolute atomic E-state index is 12.1. The van der Waals surface area contributed by atoms with Crippen molar-refractivity contribution in [3.05, 3.63) is 23.5 Å². The molecule has 0 aliphatic heterocycles. The molecule has 21 heavy (non-hydrogen) atoms. The summed E-state index contributed by atoms with van der Waals surface area (Å²) in [5, 5.41) is 2.83. The molecule has 1 aromatic rings. The standard InChI is InChI=1S/C15H24N4O2/c1-11-9-14(19-16)13(10-18-11)15(20)17-7-8-21-12-5-3-2-4-6-12/h9-10,12H,2-8,16H2,1H3,(H,17,20)(H,18,19). The van der Waals surface area contributed by atoms with Gasteiger partial charge in [0.05, 0.1) is 24.0 Å². The van der Waals surface area contributed by atoms with Crippen molar-refractivity contribution in [3.8, 4) is 0 Å². The van der Waals surface area contributed by atoms with Gasteiger partial charge in [0.15, 0.2) is 0 Å². The minimum atomic E-state index is -0.192. The molecule has 1 amide bonds. The fourth-order valence-corrected chi connectivity index (χ4v) is 2.58. The lowest BCUT2D eigenvalue weighted by molar-refractivity contribution is 0.0299. The monoisotopic (exact) mass is 292 g/mol. The lowest BCUT2D eigenvalue weighted by Gasteiger charge is -2.22. The molecule has 1 fully saturated rings. The van der Waals surface area contributed by atoms with Gasteiger partial charge >= 0.3 is 0 Å². The van der Waals surface area contributed by atoms with Crippen LogP contribution in [0.4, 0.5) is 5.69 Å². The summed E-state index contributed by atoms with van der Waals surface area (Å²) in [5.74, 6) is 5.24. The van der Waals surface area contributed by atoms with Crippen LogP contribution in [0, 0.1) is 6.92 Å². The Hall–Kier alpha value is -1.66. The summed E-state index contributed by atoms with van der Waals surface area (Å²) in [6.45, 7) is 2.88. The highest BCUT2D eigenvalue weighted by molar-refractivity contribution is 5.99. The van der Waals surface area contributed by atoms with Gasteiger partial charge in [-0.2, -0.15) is 0 Å². The quantitative estimate of drug-likeness (QED) is 0.422. The number of aryl methyl sites for hydroxylation is 1. The van der Waals surface area contributed by atoms with E-state index in [2.05, 4.69) is 15.7 Å². The summed E-state index contributed by atoms with van der Waals surface area (Å²) in [4.78, 5) is 16.2. The van der Waals surface area contributed by atoms with Crippen LogP contribution in [0.2, 0.25) is 0 Å². The van der Waals surface area contributed by atoms with Crippen molar-refractivity contribution in [2.24, 2.45) is 5.84 Å². The van der Waals surface area contributed by atoms with E-state index in [0.29, 0.717) is 30.5 Å². The number of rotatable bonds is 6. The number of amides is 1. The van der Waals surface area contributed by atoms with Crippen molar-refractivity contribution < 1.29 is 9.53 Å². The number of pyridine rings is 1. The van der Waals surface area contributed by atoms with Crippen LogP contribution in [0.3, 0.4) is 0 Å². The minimum absolute atomic E-state index is 0.192. The zero-order valence-electron chi connectivity index (χ0n) is 12.5. The molecule has 0 saturated heterocycles. The maximum Gasteiger partial charge on any atom is 0.255 e. The lowest BCUT2D eigenvalue weighted by Crippen LogP contribution is -2.30.